The summed E-state index contributed by atoms with van der Waals surface area (Å²) in [6, 6.07) is 0. The maximum atomic E-state index is 13.1. The summed E-state index contributed by atoms with van der Waals surface area (Å²) in [7, 11) is 0. The molecule has 88 valence electrons. The average molecular weight is 214 g/mol. The van der Waals surface area contributed by atoms with Crippen molar-refractivity contribution in [2.24, 2.45) is 11.3 Å². The average Bonchev–Trinajstić information content (AvgIpc) is 2.41. The van der Waals surface area contributed by atoms with Gasteiger partial charge < -0.3 is 5.11 Å². The molecule has 0 heterocycles. The summed E-state index contributed by atoms with van der Waals surface area (Å²) in [5, 5.41) is 9.30. The van der Waals surface area contributed by atoms with Crippen LogP contribution < -0.4 is 0 Å². The van der Waals surface area contributed by atoms with Crippen molar-refractivity contribution >= 4 is 0 Å². The first-order valence-electron chi connectivity index (χ1n) is 5.81. The highest BCUT2D eigenvalue weighted by molar-refractivity contribution is 5.05. The highest BCUT2D eigenvalue weighted by atomic mass is 19.1. The van der Waals surface area contributed by atoms with Crippen molar-refractivity contribution in [2.45, 2.75) is 58.7 Å². The van der Waals surface area contributed by atoms with Gasteiger partial charge in [-0.2, -0.15) is 0 Å². The molecule has 0 amide bonds. The van der Waals surface area contributed by atoms with Gasteiger partial charge in [0.25, 0.3) is 0 Å². The Morgan fingerprint density at radius 3 is 2.40 bits per heavy atom. The SMILES string of the molecule is C=C(CCC1CC(O)C(F)C1)C(C)(C)C. The van der Waals surface area contributed by atoms with E-state index in [2.05, 4.69) is 27.4 Å². The molecule has 0 bridgehead atoms. The van der Waals surface area contributed by atoms with Gasteiger partial charge in [-0.15, -0.1) is 0 Å². The standard InChI is InChI=1S/C13H23FO/c1-9(13(2,3)4)5-6-10-7-11(14)12(15)8-10/h10-12,15H,1,5-8H2,2-4H3. The monoisotopic (exact) mass is 214 g/mol. The van der Waals surface area contributed by atoms with Crippen LogP contribution in [0.25, 0.3) is 0 Å². The van der Waals surface area contributed by atoms with Gasteiger partial charge in [0.1, 0.15) is 6.17 Å². The van der Waals surface area contributed by atoms with Crippen molar-refractivity contribution in [1.82, 2.24) is 0 Å². The zero-order valence-electron chi connectivity index (χ0n) is 10.1. The van der Waals surface area contributed by atoms with Crippen molar-refractivity contribution in [3.63, 3.8) is 0 Å². The highest BCUT2D eigenvalue weighted by Crippen LogP contribution is 2.35. The Morgan fingerprint density at radius 1 is 1.40 bits per heavy atom. The number of rotatable bonds is 3. The molecule has 1 aliphatic carbocycles. The predicted molar refractivity (Wildman–Crippen MR) is 61.5 cm³/mol. The molecule has 0 saturated heterocycles. The van der Waals surface area contributed by atoms with E-state index >= 15 is 0 Å². The second-order valence-corrected chi connectivity index (χ2v) is 5.81. The number of aliphatic hydroxyl groups is 1. The minimum absolute atomic E-state index is 0.145. The normalized spacial score (nSPS) is 31.9. The molecular weight excluding hydrogens is 191 g/mol. The van der Waals surface area contributed by atoms with Gasteiger partial charge in [-0.1, -0.05) is 32.9 Å². The molecule has 1 fully saturated rings. The summed E-state index contributed by atoms with van der Waals surface area (Å²) >= 11 is 0. The van der Waals surface area contributed by atoms with E-state index in [1.54, 1.807) is 0 Å². The van der Waals surface area contributed by atoms with Gasteiger partial charge >= 0.3 is 0 Å². The summed E-state index contributed by atoms with van der Waals surface area (Å²) < 4.78 is 13.1. The second-order valence-electron chi connectivity index (χ2n) is 5.81. The van der Waals surface area contributed by atoms with Crippen LogP contribution in [0.2, 0.25) is 0 Å². The van der Waals surface area contributed by atoms with Crippen LogP contribution in [0, 0.1) is 11.3 Å². The lowest BCUT2D eigenvalue weighted by molar-refractivity contribution is 0.103. The van der Waals surface area contributed by atoms with Crippen LogP contribution in [0.1, 0.15) is 46.5 Å². The predicted octanol–water partition coefficient (Wildman–Crippen LogP) is 3.48. The summed E-state index contributed by atoms with van der Waals surface area (Å²) in [6.45, 7) is 10.5. The van der Waals surface area contributed by atoms with E-state index in [-0.39, 0.29) is 5.41 Å². The number of halogens is 1. The molecule has 0 spiro atoms. The minimum Gasteiger partial charge on any atom is -0.390 e. The molecule has 1 aliphatic rings. The van der Waals surface area contributed by atoms with Crippen molar-refractivity contribution in [1.29, 1.82) is 0 Å². The van der Waals surface area contributed by atoms with Crippen molar-refractivity contribution < 1.29 is 9.50 Å². The van der Waals surface area contributed by atoms with Crippen LogP contribution in [0.3, 0.4) is 0 Å². The Bertz CT molecular complexity index is 219. The zero-order valence-corrected chi connectivity index (χ0v) is 10.1. The molecule has 1 nitrogen and oxygen atoms in total. The molecule has 0 aliphatic heterocycles. The van der Waals surface area contributed by atoms with E-state index in [1.165, 1.54) is 5.57 Å². The Kier molecular flexibility index (Phi) is 3.93. The van der Waals surface area contributed by atoms with Gasteiger partial charge in [-0.3, -0.25) is 0 Å². The maximum Gasteiger partial charge on any atom is 0.126 e. The van der Waals surface area contributed by atoms with E-state index in [4.69, 9.17) is 0 Å². The lowest BCUT2D eigenvalue weighted by Gasteiger charge is -2.22. The molecule has 0 aromatic rings. The Morgan fingerprint density at radius 2 is 2.00 bits per heavy atom. The van der Waals surface area contributed by atoms with Crippen molar-refractivity contribution in [3.05, 3.63) is 12.2 Å². The van der Waals surface area contributed by atoms with Crippen LogP contribution in [-0.2, 0) is 0 Å². The number of aliphatic hydroxyl groups excluding tert-OH is 1. The Balaban J connectivity index is 2.30. The maximum absolute atomic E-state index is 13.1. The van der Waals surface area contributed by atoms with Gasteiger partial charge in [0, 0.05) is 0 Å². The molecule has 2 heteroatoms. The Hall–Kier alpha value is -0.370. The lowest BCUT2D eigenvalue weighted by atomic mass is 9.83. The third-order valence-electron chi connectivity index (χ3n) is 3.47. The van der Waals surface area contributed by atoms with Crippen LogP contribution in [-0.4, -0.2) is 17.4 Å². The van der Waals surface area contributed by atoms with E-state index < -0.39 is 12.3 Å². The van der Waals surface area contributed by atoms with E-state index in [9.17, 15) is 9.50 Å². The first-order chi connectivity index (χ1) is 6.80. The first-order valence-corrected chi connectivity index (χ1v) is 5.81. The molecule has 15 heavy (non-hydrogen) atoms. The van der Waals surface area contributed by atoms with Gasteiger partial charge in [-0.05, 0) is 37.0 Å². The molecule has 1 rings (SSSR count). The number of alkyl halides is 1. The van der Waals surface area contributed by atoms with Crippen LogP contribution in [0.15, 0.2) is 12.2 Å². The number of allylic oxidation sites excluding steroid dienone is 1. The Labute approximate surface area is 92.4 Å². The molecule has 0 aromatic heterocycles. The smallest absolute Gasteiger partial charge is 0.126 e. The van der Waals surface area contributed by atoms with E-state index in [0.29, 0.717) is 18.8 Å². The summed E-state index contributed by atoms with van der Waals surface area (Å²) in [6.07, 6.45) is 1.34. The topological polar surface area (TPSA) is 20.2 Å². The van der Waals surface area contributed by atoms with Crippen molar-refractivity contribution in [3.8, 4) is 0 Å². The first kappa shape index (κ1) is 12.7. The van der Waals surface area contributed by atoms with Crippen LogP contribution >= 0.6 is 0 Å². The van der Waals surface area contributed by atoms with Crippen LogP contribution in [0.5, 0.6) is 0 Å². The lowest BCUT2D eigenvalue weighted by Crippen LogP contribution is -2.12. The fourth-order valence-corrected chi connectivity index (χ4v) is 2.05. The van der Waals surface area contributed by atoms with E-state index in [0.717, 1.165) is 12.8 Å². The summed E-state index contributed by atoms with van der Waals surface area (Å²) in [5.74, 6) is 0.342. The molecule has 1 saturated carbocycles. The third-order valence-corrected chi connectivity index (χ3v) is 3.47. The second kappa shape index (κ2) is 4.65. The quantitative estimate of drug-likeness (QED) is 0.713. The zero-order chi connectivity index (χ0) is 11.6. The largest absolute Gasteiger partial charge is 0.390 e. The van der Waals surface area contributed by atoms with Gasteiger partial charge in [-0.25, -0.2) is 4.39 Å². The molecule has 3 unspecified atom stereocenters. The number of hydrogen-bond donors (Lipinski definition) is 1. The fourth-order valence-electron chi connectivity index (χ4n) is 2.05. The summed E-state index contributed by atoms with van der Waals surface area (Å²) in [5.41, 5.74) is 1.37. The summed E-state index contributed by atoms with van der Waals surface area (Å²) in [4.78, 5) is 0. The number of hydrogen-bond acceptors (Lipinski definition) is 1. The molecule has 0 aromatic carbocycles. The van der Waals surface area contributed by atoms with Gasteiger partial charge in [0.15, 0.2) is 0 Å². The molecule has 1 N–H and O–H groups in total. The van der Waals surface area contributed by atoms with E-state index in [1.807, 2.05) is 0 Å². The van der Waals surface area contributed by atoms with Gasteiger partial charge in [0.05, 0.1) is 6.10 Å². The molecule has 3 atom stereocenters. The van der Waals surface area contributed by atoms with Crippen LogP contribution in [0.4, 0.5) is 4.39 Å². The van der Waals surface area contributed by atoms with Crippen molar-refractivity contribution in [2.75, 3.05) is 0 Å². The molecular formula is C13H23FO. The third kappa shape index (κ3) is 3.60. The minimum atomic E-state index is -1.00. The van der Waals surface area contributed by atoms with Gasteiger partial charge in [0.2, 0.25) is 0 Å². The molecule has 0 radical (unpaired) electrons. The highest BCUT2D eigenvalue weighted by Gasteiger charge is 2.32. The fraction of sp³-hybridized carbons (Fsp3) is 0.846.